The second-order valence-electron chi connectivity index (χ2n) is 4.42. The lowest BCUT2D eigenvalue weighted by atomic mass is 10.1. The third kappa shape index (κ3) is 3.29. The minimum absolute atomic E-state index is 0.0466. The van der Waals surface area contributed by atoms with Gasteiger partial charge in [-0.2, -0.15) is 0 Å². The lowest BCUT2D eigenvalue weighted by molar-refractivity contribution is 0.278. The van der Waals surface area contributed by atoms with Crippen molar-refractivity contribution < 1.29 is 14.6 Å². The summed E-state index contributed by atoms with van der Waals surface area (Å²) in [6.07, 6.45) is 0. The summed E-state index contributed by atoms with van der Waals surface area (Å²) < 4.78 is 11.1. The average molecular weight is 273 g/mol. The van der Waals surface area contributed by atoms with Gasteiger partial charge < -0.3 is 20.3 Å². The van der Waals surface area contributed by atoms with E-state index in [4.69, 9.17) is 20.3 Å². The van der Waals surface area contributed by atoms with Crippen LogP contribution in [0.5, 0.6) is 11.5 Å². The maximum Gasteiger partial charge on any atom is 0.166 e. The lowest BCUT2D eigenvalue weighted by Crippen LogP contribution is -2.04. The third-order valence-corrected chi connectivity index (χ3v) is 3.09. The number of aliphatic hydroxyl groups is 1. The largest absolute Gasteiger partial charge is 0.493 e. The van der Waals surface area contributed by atoms with E-state index in [1.165, 1.54) is 0 Å². The van der Waals surface area contributed by atoms with Gasteiger partial charge in [-0.25, -0.2) is 0 Å². The number of para-hydroxylation sites is 1. The second kappa shape index (κ2) is 6.93. The fraction of sp³-hybridized carbons (Fsp3) is 0.250. The number of hydrogen-bond donors (Lipinski definition) is 2. The number of benzene rings is 2. The van der Waals surface area contributed by atoms with Crippen molar-refractivity contribution in [3.8, 4) is 11.5 Å². The normalized spacial score (nSPS) is 10.3. The van der Waals surface area contributed by atoms with Crippen LogP contribution in [0.1, 0.15) is 16.7 Å². The molecular weight excluding hydrogens is 254 g/mol. The van der Waals surface area contributed by atoms with Gasteiger partial charge in [-0.05, 0) is 17.2 Å². The summed E-state index contributed by atoms with van der Waals surface area (Å²) in [6, 6.07) is 13.3. The molecule has 2 aromatic carbocycles. The number of hydrogen-bond acceptors (Lipinski definition) is 4. The van der Waals surface area contributed by atoms with Crippen LogP contribution in [0.2, 0.25) is 0 Å². The van der Waals surface area contributed by atoms with Crippen molar-refractivity contribution in [1.82, 2.24) is 0 Å². The van der Waals surface area contributed by atoms with E-state index >= 15 is 0 Å². The summed E-state index contributed by atoms with van der Waals surface area (Å²) in [4.78, 5) is 0. The Hall–Kier alpha value is -2.04. The zero-order valence-corrected chi connectivity index (χ0v) is 11.5. The molecule has 0 heterocycles. The van der Waals surface area contributed by atoms with Gasteiger partial charge in [-0.15, -0.1) is 0 Å². The Bertz CT molecular complexity index is 530. The van der Waals surface area contributed by atoms with Gasteiger partial charge >= 0.3 is 0 Å². The number of rotatable bonds is 6. The van der Waals surface area contributed by atoms with Gasteiger partial charge in [0, 0.05) is 12.1 Å². The highest BCUT2D eigenvalue weighted by atomic mass is 16.5. The molecule has 0 saturated carbocycles. The van der Waals surface area contributed by atoms with Gasteiger partial charge in [-0.1, -0.05) is 36.4 Å². The minimum Gasteiger partial charge on any atom is -0.493 e. The summed E-state index contributed by atoms with van der Waals surface area (Å²) in [5.74, 6) is 1.36. The first-order valence-corrected chi connectivity index (χ1v) is 6.46. The molecule has 0 bridgehead atoms. The molecule has 0 amide bonds. The lowest BCUT2D eigenvalue weighted by Gasteiger charge is -2.14. The van der Waals surface area contributed by atoms with Crippen molar-refractivity contribution in [2.75, 3.05) is 7.11 Å². The van der Waals surface area contributed by atoms with E-state index in [-0.39, 0.29) is 6.61 Å². The van der Waals surface area contributed by atoms with Crippen LogP contribution in [0.3, 0.4) is 0 Å². The predicted octanol–water partition coefficient (Wildman–Crippen LogP) is 2.23. The zero-order chi connectivity index (χ0) is 14.4. The molecule has 0 aliphatic heterocycles. The molecule has 20 heavy (non-hydrogen) atoms. The van der Waals surface area contributed by atoms with E-state index in [1.54, 1.807) is 7.11 Å². The minimum atomic E-state index is 0.0466. The van der Waals surface area contributed by atoms with E-state index in [1.807, 2.05) is 42.5 Å². The molecule has 0 spiro atoms. The SMILES string of the molecule is COc1cccc(CN)c1OCc1ccc(CO)cc1. The summed E-state index contributed by atoms with van der Waals surface area (Å²) in [7, 11) is 1.61. The summed E-state index contributed by atoms with van der Waals surface area (Å²) >= 11 is 0. The number of aliphatic hydroxyl groups excluding tert-OH is 1. The molecule has 0 fully saturated rings. The number of nitrogens with two attached hydrogens (primary N) is 1. The van der Waals surface area contributed by atoms with Crippen LogP contribution in [-0.4, -0.2) is 12.2 Å². The molecule has 0 aliphatic rings. The molecule has 0 atom stereocenters. The first kappa shape index (κ1) is 14.4. The van der Waals surface area contributed by atoms with E-state index < -0.39 is 0 Å². The van der Waals surface area contributed by atoms with Crippen LogP contribution in [0, 0.1) is 0 Å². The Balaban J connectivity index is 2.13. The first-order chi connectivity index (χ1) is 9.78. The van der Waals surface area contributed by atoms with Crippen LogP contribution in [0.15, 0.2) is 42.5 Å². The average Bonchev–Trinajstić information content (AvgIpc) is 2.52. The highest BCUT2D eigenvalue weighted by Gasteiger charge is 2.09. The van der Waals surface area contributed by atoms with E-state index in [2.05, 4.69) is 0 Å². The van der Waals surface area contributed by atoms with Crippen LogP contribution in [0.25, 0.3) is 0 Å². The second-order valence-corrected chi connectivity index (χ2v) is 4.42. The fourth-order valence-electron chi connectivity index (χ4n) is 1.94. The zero-order valence-electron chi connectivity index (χ0n) is 11.5. The van der Waals surface area contributed by atoms with Crippen molar-refractivity contribution in [3.63, 3.8) is 0 Å². The Morgan fingerprint density at radius 3 is 2.35 bits per heavy atom. The first-order valence-electron chi connectivity index (χ1n) is 6.46. The van der Waals surface area contributed by atoms with Crippen LogP contribution in [-0.2, 0) is 19.8 Å². The highest BCUT2D eigenvalue weighted by molar-refractivity contribution is 5.46. The van der Waals surface area contributed by atoms with Crippen molar-refractivity contribution in [3.05, 3.63) is 59.2 Å². The monoisotopic (exact) mass is 273 g/mol. The predicted molar refractivity (Wildman–Crippen MR) is 77.6 cm³/mol. The van der Waals surface area contributed by atoms with Gasteiger partial charge in [-0.3, -0.25) is 0 Å². The molecule has 0 saturated heterocycles. The molecule has 4 heteroatoms. The van der Waals surface area contributed by atoms with E-state index in [0.29, 0.717) is 24.7 Å². The van der Waals surface area contributed by atoms with Crippen molar-refractivity contribution in [2.45, 2.75) is 19.8 Å². The molecule has 2 aromatic rings. The molecule has 0 aromatic heterocycles. The van der Waals surface area contributed by atoms with Crippen molar-refractivity contribution in [1.29, 1.82) is 0 Å². The quantitative estimate of drug-likeness (QED) is 0.847. The molecule has 3 N–H and O–H groups in total. The molecule has 0 unspecified atom stereocenters. The summed E-state index contributed by atoms with van der Waals surface area (Å²) in [6.45, 7) is 0.875. The van der Waals surface area contributed by atoms with Crippen molar-refractivity contribution >= 4 is 0 Å². The maximum atomic E-state index is 9.01. The van der Waals surface area contributed by atoms with Gasteiger partial charge in [0.1, 0.15) is 6.61 Å². The molecule has 0 radical (unpaired) electrons. The molecular formula is C16H19NO3. The highest BCUT2D eigenvalue weighted by Crippen LogP contribution is 2.31. The molecule has 0 aliphatic carbocycles. The van der Waals surface area contributed by atoms with Crippen LogP contribution >= 0.6 is 0 Å². The van der Waals surface area contributed by atoms with Gasteiger partial charge in [0.15, 0.2) is 11.5 Å². The van der Waals surface area contributed by atoms with Crippen LogP contribution in [0.4, 0.5) is 0 Å². The smallest absolute Gasteiger partial charge is 0.166 e. The van der Waals surface area contributed by atoms with Gasteiger partial charge in [0.25, 0.3) is 0 Å². The third-order valence-electron chi connectivity index (χ3n) is 3.09. The molecule has 4 nitrogen and oxygen atoms in total. The summed E-state index contributed by atoms with van der Waals surface area (Å²) in [5.41, 5.74) is 8.54. The number of ether oxygens (including phenoxy) is 2. The standard InChI is InChI=1S/C16H19NO3/c1-19-15-4-2-3-14(9-17)16(15)20-11-13-7-5-12(10-18)6-8-13/h2-8,18H,9-11,17H2,1H3. The Kier molecular flexibility index (Phi) is 4.98. The fourth-order valence-corrected chi connectivity index (χ4v) is 1.94. The Labute approximate surface area is 118 Å². The topological polar surface area (TPSA) is 64.7 Å². The van der Waals surface area contributed by atoms with Crippen molar-refractivity contribution in [2.24, 2.45) is 5.73 Å². The maximum absolute atomic E-state index is 9.01. The summed E-state index contributed by atoms with van der Waals surface area (Å²) in [5, 5.41) is 9.01. The van der Waals surface area contributed by atoms with E-state index in [9.17, 15) is 0 Å². The van der Waals surface area contributed by atoms with Crippen LogP contribution < -0.4 is 15.2 Å². The Morgan fingerprint density at radius 1 is 1.05 bits per heavy atom. The van der Waals surface area contributed by atoms with E-state index in [0.717, 1.165) is 16.7 Å². The van der Waals surface area contributed by atoms with Gasteiger partial charge in [0.2, 0.25) is 0 Å². The number of methoxy groups -OCH3 is 1. The molecule has 2 rings (SSSR count). The molecule has 106 valence electrons. The van der Waals surface area contributed by atoms with Gasteiger partial charge in [0.05, 0.1) is 13.7 Å². The Morgan fingerprint density at radius 2 is 1.75 bits per heavy atom.